The molecule has 3 aliphatic heterocycles. The molecule has 3 fully saturated rings. The summed E-state index contributed by atoms with van der Waals surface area (Å²) in [7, 11) is 0. The molecule has 0 radical (unpaired) electrons. The van der Waals surface area contributed by atoms with Crippen molar-refractivity contribution in [1.29, 1.82) is 0 Å². The summed E-state index contributed by atoms with van der Waals surface area (Å²) in [5.74, 6) is -2.56. The van der Waals surface area contributed by atoms with E-state index in [0.717, 1.165) is 10.8 Å². The Kier molecular flexibility index (Phi) is 7.05. The molecule has 38 heavy (non-hydrogen) atoms. The van der Waals surface area contributed by atoms with Gasteiger partial charge in [-0.3, -0.25) is 14.4 Å². The number of hydrogen-bond donors (Lipinski definition) is 1. The third-order valence-corrected chi connectivity index (χ3v) is 8.63. The van der Waals surface area contributed by atoms with E-state index in [0.29, 0.717) is 31.4 Å². The van der Waals surface area contributed by atoms with Crippen LogP contribution in [-0.2, 0) is 23.9 Å². The van der Waals surface area contributed by atoms with E-state index in [1.54, 1.807) is 17.9 Å². The van der Waals surface area contributed by atoms with Crippen LogP contribution in [0.5, 0.6) is 0 Å². The second kappa shape index (κ2) is 10.2. The zero-order chi connectivity index (χ0) is 27.1. The third kappa shape index (κ3) is 3.84. The number of aliphatic hydroxyl groups is 1. The Morgan fingerprint density at radius 2 is 1.97 bits per heavy atom. The largest absolute Gasteiger partial charge is 0.466 e. The summed E-state index contributed by atoms with van der Waals surface area (Å²) in [6.45, 7) is 8.10. The van der Waals surface area contributed by atoms with Gasteiger partial charge < -0.3 is 24.4 Å². The number of nitrogens with zero attached hydrogens (tertiary/aromatic N) is 2. The molecule has 5 rings (SSSR count). The lowest BCUT2D eigenvalue weighted by Gasteiger charge is -2.37. The van der Waals surface area contributed by atoms with Crippen LogP contribution in [0.15, 0.2) is 55.1 Å². The first-order chi connectivity index (χ1) is 18.4. The van der Waals surface area contributed by atoms with Gasteiger partial charge in [0, 0.05) is 25.4 Å². The van der Waals surface area contributed by atoms with Gasteiger partial charge in [-0.05, 0) is 55.5 Å². The highest BCUT2D eigenvalue weighted by atomic mass is 16.6. The van der Waals surface area contributed by atoms with E-state index in [9.17, 15) is 19.5 Å². The van der Waals surface area contributed by atoms with Gasteiger partial charge in [-0.1, -0.05) is 43.3 Å². The van der Waals surface area contributed by atoms with Crippen LogP contribution in [0.4, 0.5) is 5.69 Å². The number of anilines is 1. The van der Waals surface area contributed by atoms with Crippen molar-refractivity contribution in [2.75, 3.05) is 31.2 Å². The number of carbonyl (C=O) groups is 3. The van der Waals surface area contributed by atoms with Gasteiger partial charge in [0.15, 0.2) is 0 Å². The Morgan fingerprint density at radius 1 is 1.21 bits per heavy atom. The second-order valence-electron chi connectivity index (χ2n) is 10.5. The molecule has 2 aromatic rings. The van der Waals surface area contributed by atoms with E-state index in [2.05, 4.69) is 6.58 Å². The van der Waals surface area contributed by atoms with E-state index < -0.39 is 35.0 Å². The number of aliphatic hydroxyl groups excluding tert-OH is 1. The molecule has 0 aliphatic carbocycles. The SMILES string of the molecule is C=CCN(C(=O)C1N(CCCO)C(=O)[C@@H]2[C@H](C(=O)OCC)[C@]3(CC)CCC12O3)c1ccc2ccccc2c1. The van der Waals surface area contributed by atoms with Gasteiger partial charge in [-0.15, -0.1) is 6.58 Å². The van der Waals surface area contributed by atoms with Gasteiger partial charge in [0.1, 0.15) is 17.6 Å². The van der Waals surface area contributed by atoms with Crippen molar-refractivity contribution in [3.05, 3.63) is 55.1 Å². The predicted octanol–water partition coefficient (Wildman–Crippen LogP) is 3.46. The minimum atomic E-state index is -1.13. The van der Waals surface area contributed by atoms with E-state index >= 15 is 0 Å². The standard InChI is InChI=1S/C30H36N2O6/c1-4-16-31(22-13-12-20-10-7-8-11-21(20)19-22)27(35)25-30-15-14-29(5-2,38-30)24(28(36)37-6-3)23(30)26(34)32(25)17-9-18-33/h4,7-8,10-13,19,23-25,33H,1,5-6,9,14-18H2,2-3H3/t23-,24+,25?,29-,30?/m0/s1. The van der Waals surface area contributed by atoms with Crippen molar-refractivity contribution < 1.29 is 29.0 Å². The Bertz CT molecular complexity index is 1260. The zero-order valence-corrected chi connectivity index (χ0v) is 22.1. The first-order valence-corrected chi connectivity index (χ1v) is 13.6. The molecule has 8 heteroatoms. The molecule has 3 aliphatic rings. The molecule has 5 atom stereocenters. The molecular formula is C30H36N2O6. The van der Waals surface area contributed by atoms with Gasteiger partial charge in [0.05, 0.1) is 18.1 Å². The Hall–Kier alpha value is -3.23. The fraction of sp³-hybridized carbons (Fsp3) is 0.500. The highest BCUT2D eigenvalue weighted by molar-refractivity contribution is 6.05. The number of esters is 1. The summed E-state index contributed by atoms with van der Waals surface area (Å²) >= 11 is 0. The molecule has 2 bridgehead atoms. The molecule has 1 spiro atoms. The van der Waals surface area contributed by atoms with Crippen molar-refractivity contribution in [3.63, 3.8) is 0 Å². The molecule has 3 saturated heterocycles. The number of fused-ring (bicyclic) bond motifs is 2. The van der Waals surface area contributed by atoms with Crippen molar-refractivity contribution in [2.24, 2.45) is 11.8 Å². The molecule has 0 aromatic heterocycles. The van der Waals surface area contributed by atoms with Crippen LogP contribution in [0, 0.1) is 11.8 Å². The predicted molar refractivity (Wildman–Crippen MR) is 143 cm³/mol. The first kappa shape index (κ1) is 26.4. The van der Waals surface area contributed by atoms with Crippen molar-refractivity contribution >= 4 is 34.2 Å². The van der Waals surface area contributed by atoms with Gasteiger partial charge in [-0.25, -0.2) is 0 Å². The first-order valence-electron chi connectivity index (χ1n) is 13.6. The fourth-order valence-corrected chi connectivity index (χ4v) is 7.01. The summed E-state index contributed by atoms with van der Waals surface area (Å²) in [6, 6.07) is 12.8. The highest BCUT2D eigenvalue weighted by Crippen LogP contribution is 2.64. The average Bonchev–Trinajstić information content (AvgIpc) is 3.53. The zero-order valence-electron chi connectivity index (χ0n) is 22.1. The number of ether oxygens (including phenoxy) is 2. The summed E-state index contributed by atoms with van der Waals surface area (Å²) < 4.78 is 12.2. The quantitative estimate of drug-likeness (QED) is 0.381. The molecule has 2 amide bonds. The van der Waals surface area contributed by atoms with Crippen molar-refractivity contribution in [3.8, 4) is 0 Å². The number of hydrogen-bond acceptors (Lipinski definition) is 6. The summed E-state index contributed by atoms with van der Waals surface area (Å²) in [5, 5.41) is 11.6. The van der Waals surface area contributed by atoms with Crippen molar-refractivity contribution in [2.45, 2.75) is 56.8 Å². The van der Waals surface area contributed by atoms with Crippen LogP contribution in [0.2, 0.25) is 0 Å². The van der Waals surface area contributed by atoms with Gasteiger partial charge in [0.2, 0.25) is 5.91 Å². The molecular weight excluding hydrogens is 484 g/mol. The molecule has 3 heterocycles. The van der Waals surface area contributed by atoms with Crippen LogP contribution >= 0.6 is 0 Å². The lowest BCUT2D eigenvalue weighted by Crippen LogP contribution is -2.56. The van der Waals surface area contributed by atoms with Gasteiger partial charge >= 0.3 is 5.97 Å². The third-order valence-electron chi connectivity index (χ3n) is 8.63. The Morgan fingerprint density at radius 3 is 2.66 bits per heavy atom. The molecule has 2 unspecified atom stereocenters. The lowest BCUT2D eigenvalue weighted by molar-refractivity contribution is -0.160. The second-order valence-corrected chi connectivity index (χ2v) is 10.5. The monoisotopic (exact) mass is 520 g/mol. The normalized spacial score (nSPS) is 29.5. The maximum absolute atomic E-state index is 14.5. The molecule has 8 nitrogen and oxygen atoms in total. The average molecular weight is 521 g/mol. The van der Waals surface area contributed by atoms with Crippen LogP contribution in [-0.4, -0.2) is 71.3 Å². The van der Waals surface area contributed by atoms with Crippen LogP contribution in [0.25, 0.3) is 10.8 Å². The maximum Gasteiger partial charge on any atom is 0.312 e. The summed E-state index contributed by atoms with van der Waals surface area (Å²) in [4.78, 5) is 45.0. The topological polar surface area (TPSA) is 96.4 Å². The molecule has 0 saturated carbocycles. The molecule has 2 aromatic carbocycles. The summed E-state index contributed by atoms with van der Waals surface area (Å²) in [6.07, 6.45) is 3.60. The minimum Gasteiger partial charge on any atom is -0.466 e. The van der Waals surface area contributed by atoms with Gasteiger partial charge in [-0.2, -0.15) is 0 Å². The number of benzene rings is 2. The highest BCUT2D eigenvalue weighted by Gasteiger charge is 2.79. The minimum absolute atomic E-state index is 0.121. The van der Waals surface area contributed by atoms with E-state index in [4.69, 9.17) is 9.47 Å². The number of likely N-dealkylation sites (tertiary alicyclic amines) is 1. The van der Waals surface area contributed by atoms with E-state index in [1.165, 1.54) is 4.90 Å². The van der Waals surface area contributed by atoms with E-state index in [1.807, 2.05) is 49.4 Å². The summed E-state index contributed by atoms with van der Waals surface area (Å²) in [5.41, 5.74) is -1.27. The number of rotatable bonds is 10. The number of amides is 2. The Balaban J connectivity index is 1.60. The molecule has 1 N–H and O–H groups in total. The van der Waals surface area contributed by atoms with Crippen LogP contribution < -0.4 is 4.90 Å². The fourth-order valence-electron chi connectivity index (χ4n) is 7.01. The van der Waals surface area contributed by atoms with Crippen LogP contribution in [0.1, 0.15) is 39.5 Å². The smallest absolute Gasteiger partial charge is 0.312 e. The molecule has 202 valence electrons. The maximum atomic E-state index is 14.5. The van der Waals surface area contributed by atoms with E-state index in [-0.39, 0.29) is 38.1 Å². The van der Waals surface area contributed by atoms with Crippen LogP contribution in [0.3, 0.4) is 0 Å². The van der Waals surface area contributed by atoms with Gasteiger partial charge in [0.25, 0.3) is 5.91 Å². The van der Waals surface area contributed by atoms with Crippen molar-refractivity contribution in [1.82, 2.24) is 4.90 Å². The lowest BCUT2D eigenvalue weighted by atomic mass is 9.65. The Labute approximate surface area is 223 Å². The number of carbonyl (C=O) groups excluding carboxylic acids is 3.